The Kier molecular flexibility index (Phi) is 10.6. The second-order valence-corrected chi connectivity index (χ2v) is 7.89. The Balaban J connectivity index is 0.00000385. The van der Waals surface area contributed by atoms with Gasteiger partial charge < -0.3 is 19.7 Å². The van der Waals surface area contributed by atoms with Gasteiger partial charge in [-0.05, 0) is 43.2 Å². The van der Waals surface area contributed by atoms with Crippen LogP contribution in [0.3, 0.4) is 0 Å². The van der Waals surface area contributed by atoms with Crippen LogP contribution >= 0.6 is 24.0 Å². The number of aliphatic imine (C=N–C) groups is 1. The van der Waals surface area contributed by atoms with E-state index in [4.69, 9.17) is 4.99 Å². The zero-order valence-electron chi connectivity index (χ0n) is 19.7. The molecule has 9 heteroatoms. The number of rotatable bonds is 9. The summed E-state index contributed by atoms with van der Waals surface area (Å²) in [7, 11) is 5.98. The van der Waals surface area contributed by atoms with Gasteiger partial charge in [-0.25, -0.2) is 9.38 Å². The summed E-state index contributed by atoms with van der Waals surface area (Å²) in [6.45, 7) is 4.56. The first-order valence-electron chi connectivity index (χ1n) is 10.8. The average Bonchev–Trinajstić information content (AvgIpc) is 3.11. The standard InChI is InChI=1S/C24H32FN7.HI/c1-19-28-29-23(32(19)4)17-27-24(31(3)18-20-10-8-11-21(25)16-20)26-14-9-15-30(2)22-12-6-5-7-13-22;/h5-8,10-13,16H,9,14-15,17-18H2,1-4H3,(H,26,27);1H. The first kappa shape index (κ1) is 26.6. The number of hydrogen-bond acceptors (Lipinski definition) is 4. The predicted octanol–water partition coefficient (Wildman–Crippen LogP) is 3.98. The molecule has 0 atom stereocenters. The van der Waals surface area contributed by atoms with Gasteiger partial charge in [0.05, 0.1) is 0 Å². The normalized spacial score (nSPS) is 11.1. The summed E-state index contributed by atoms with van der Waals surface area (Å²) >= 11 is 0. The fraction of sp³-hybridized carbons (Fsp3) is 0.375. The van der Waals surface area contributed by atoms with Crippen molar-refractivity contribution in [1.29, 1.82) is 0 Å². The maximum atomic E-state index is 13.6. The molecule has 178 valence electrons. The molecular formula is C24H33FIN7. The molecule has 33 heavy (non-hydrogen) atoms. The lowest BCUT2D eigenvalue weighted by Crippen LogP contribution is -2.39. The lowest BCUT2D eigenvalue weighted by molar-refractivity contribution is 0.471. The van der Waals surface area contributed by atoms with Crippen LogP contribution in [0.2, 0.25) is 0 Å². The summed E-state index contributed by atoms with van der Waals surface area (Å²) in [5, 5.41) is 11.8. The predicted molar refractivity (Wildman–Crippen MR) is 142 cm³/mol. The molecular weight excluding hydrogens is 532 g/mol. The lowest BCUT2D eigenvalue weighted by atomic mass is 10.2. The minimum absolute atomic E-state index is 0. The number of aryl methyl sites for hydroxylation is 1. The highest BCUT2D eigenvalue weighted by atomic mass is 127. The summed E-state index contributed by atoms with van der Waals surface area (Å²) < 4.78 is 15.5. The summed E-state index contributed by atoms with van der Waals surface area (Å²) in [5.74, 6) is 2.16. The van der Waals surface area contributed by atoms with Gasteiger partial charge in [-0.15, -0.1) is 34.2 Å². The van der Waals surface area contributed by atoms with E-state index < -0.39 is 0 Å². The number of halogens is 2. The fourth-order valence-electron chi connectivity index (χ4n) is 3.36. The molecule has 0 amide bonds. The number of anilines is 1. The van der Waals surface area contributed by atoms with E-state index in [1.54, 1.807) is 12.1 Å². The van der Waals surface area contributed by atoms with Crippen molar-refractivity contribution in [3.05, 3.63) is 77.6 Å². The van der Waals surface area contributed by atoms with E-state index in [1.165, 1.54) is 11.8 Å². The van der Waals surface area contributed by atoms with Crippen molar-refractivity contribution in [2.75, 3.05) is 32.1 Å². The second-order valence-electron chi connectivity index (χ2n) is 7.89. The van der Waals surface area contributed by atoms with Gasteiger partial charge >= 0.3 is 0 Å². The largest absolute Gasteiger partial charge is 0.375 e. The number of nitrogens with zero attached hydrogens (tertiary/aromatic N) is 6. The van der Waals surface area contributed by atoms with Crippen LogP contribution in [-0.4, -0.2) is 52.8 Å². The summed E-state index contributed by atoms with van der Waals surface area (Å²) in [5.41, 5.74) is 2.09. The third-order valence-electron chi connectivity index (χ3n) is 5.37. The van der Waals surface area contributed by atoms with E-state index in [-0.39, 0.29) is 29.8 Å². The Hall–Kier alpha value is -2.69. The van der Waals surface area contributed by atoms with Gasteiger partial charge in [-0.1, -0.05) is 30.3 Å². The minimum Gasteiger partial charge on any atom is -0.375 e. The molecule has 1 aromatic heterocycles. The molecule has 0 aliphatic rings. The van der Waals surface area contributed by atoms with Crippen LogP contribution in [0.5, 0.6) is 0 Å². The van der Waals surface area contributed by atoms with Gasteiger partial charge in [-0.3, -0.25) is 0 Å². The molecule has 0 unspecified atom stereocenters. The number of guanidine groups is 1. The van der Waals surface area contributed by atoms with Gasteiger partial charge in [0.2, 0.25) is 0 Å². The van der Waals surface area contributed by atoms with Gasteiger partial charge in [0.15, 0.2) is 11.8 Å². The van der Waals surface area contributed by atoms with Gasteiger partial charge in [0.25, 0.3) is 0 Å². The molecule has 2 aromatic carbocycles. The average molecular weight is 565 g/mol. The molecule has 3 rings (SSSR count). The Bertz CT molecular complexity index is 1020. The van der Waals surface area contributed by atoms with Crippen LogP contribution in [0.4, 0.5) is 10.1 Å². The van der Waals surface area contributed by atoms with E-state index in [9.17, 15) is 4.39 Å². The summed E-state index contributed by atoms with van der Waals surface area (Å²) in [6, 6.07) is 17.0. The molecule has 3 aromatic rings. The number of aromatic nitrogens is 3. The first-order valence-corrected chi connectivity index (χ1v) is 10.8. The van der Waals surface area contributed by atoms with Gasteiger partial charge in [-0.2, -0.15) is 0 Å². The van der Waals surface area contributed by atoms with Crippen LogP contribution in [0.1, 0.15) is 23.6 Å². The molecule has 0 fully saturated rings. The first-order chi connectivity index (χ1) is 15.4. The fourth-order valence-corrected chi connectivity index (χ4v) is 3.36. The maximum absolute atomic E-state index is 13.6. The lowest BCUT2D eigenvalue weighted by Gasteiger charge is -2.24. The highest BCUT2D eigenvalue weighted by Crippen LogP contribution is 2.11. The molecule has 0 spiro atoms. The van der Waals surface area contributed by atoms with Crippen molar-refractivity contribution in [3.8, 4) is 0 Å². The van der Waals surface area contributed by atoms with Crippen LogP contribution in [-0.2, 0) is 20.1 Å². The minimum atomic E-state index is -0.235. The monoisotopic (exact) mass is 565 g/mol. The van der Waals surface area contributed by atoms with Gasteiger partial charge in [0, 0.05) is 46.5 Å². The third-order valence-corrected chi connectivity index (χ3v) is 5.37. The Morgan fingerprint density at radius 2 is 1.85 bits per heavy atom. The van der Waals surface area contributed by atoms with Crippen LogP contribution in [0.25, 0.3) is 0 Å². The molecule has 1 heterocycles. The van der Waals surface area contributed by atoms with E-state index >= 15 is 0 Å². The van der Waals surface area contributed by atoms with Crippen LogP contribution in [0.15, 0.2) is 59.6 Å². The quantitative estimate of drug-likeness (QED) is 0.184. The topological polar surface area (TPSA) is 61.6 Å². The van der Waals surface area contributed by atoms with Crippen LogP contribution < -0.4 is 10.2 Å². The highest BCUT2D eigenvalue weighted by molar-refractivity contribution is 14.0. The molecule has 0 aliphatic carbocycles. The molecule has 1 N–H and O–H groups in total. The van der Waals surface area contributed by atoms with Crippen molar-refractivity contribution in [2.45, 2.75) is 26.4 Å². The van der Waals surface area contributed by atoms with Crippen molar-refractivity contribution in [2.24, 2.45) is 12.0 Å². The highest BCUT2D eigenvalue weighted by Gasteiger charge is 2.10. The number of hydrogen-bond donors (Lipinski definition) is 1. The second kappa shape index (κ2) is 13.1. The molecule has 7 nitrogen and oxygen atoms in total. The third kappa shape index (κ3) is 7.99. The molecule has 0 bridgehead atoms. The Labute approximate surface area is 212 Å². The van der Waals surface area contributed by atoms with Crippen molar-refractivity contribution >= 4 is 35.6 Å². The number of benzene rings is 2. The van der Waals surface area contributed by atoms with E-state index in [0.29, 0.717) is 13.1 Å². The zero-order valence-corrected chi connectivity index (χ0v) is 22.0. The van der Waals surface area contributed by atoms with E-state index in [0.717, 1.165) is 42.7 Å². The van der Waals surface area contributed by atoms with E-state index in [2.05, 4.69) is 39.6 Å². The van der Waals surface area contributed by atoms with Crippen molar-refractivity contribution in [3.63, 3.8) is 0 Å². The molecule has 0 aliphatic heterocycles. The Morgan fingerprint density at radius 1 is 1.09 bits per heavy atom. The SMILES string of the molecule is Cc1nnc(CN=C(NCCCN(C)c2ccccc2)N(C)Cc2cccc(F)c2)n1C.I. The summed E-state index contributed by atoms with van der Waals surface area (Å²) in [4.78, 5) is 8.99. The summed E-state index contributed by atoms with van der Waals surface area (Å²) in [6.07, 6.45) is 0.946. The van der Waals surface area contributed by atoms with Crippen molar-refractivity contribution < 1.29 is 4.39 Å². The zero-order chi connectivity index (χ0) is 22.9. The van der Waals surface area contributed by atoms with E-state index in [1.807, 2.05) is 54.8 Å². The van der Waals surface area contributed by atoms with Crippen molar-refractivity contribution in [1.82, 2.24) is 25.0 Å². The number of nitrogens with one attached hydrogen (secondary N) is 1. The number of para-hydroxylation sites is 1. The van der Waals surface area contributed by atoms with Gasteiger partial charge in [0.1, 0.15) is 18.2 Å². The molecule has 0 saturated heterocycles. The Morgan fingerprint density at radius 3 is 2.52 bits per heavy atom. The molecule has 0 saturated carbocycles. The molecule has 0 radical (unpaired) electrons. The smallest absolute Gasteiger partial charge is 0.194 e. The maximum Gasteiger partial charge on any atom is 0.194 e. The van der Waals surface area contributed by atoms with Crippen LogP contribution in [0, 0.1) is 12.7 Å².